The average Bonchev–Trinajstić information content (AvgIpc) is 3.72. The second-order valence-corrected chi connectivity index (χ2v) is 19.5. The molecule has 2 aliphatic heterocycles. The number of halogens is 1. The molecular weight excluding hydrogens is 830 g/mol. The van der Waals surface area contributed by atoms with Crippen LogP contribution in [-0.2, 0) is 14.8 Å². The molecule has 0 radical (unpaired) electrons. The van der Waals surface area contributed by atoms with Crippen molar-refractivity contribution in [2.45, 2.75) is 63.8 Å². The highest BCUT2D eigenvalue weighted by Gasteiger charge is 2.32. The smallest absolute Gasteiger partial charge is 0.293 e. The Bertz CT molecular complexity index is 2610. The number of nitrogens with one attached hydrogen (secondary N) is 3. The first kappa shape index (κ1) is 43.2. The largest absolute Gasteiger partial charge is 0.455 e. The number of benzene rings is 3. The first-order valence-electron chi connectivity index (χ1n) is 21.1. The molecule has 5 aromatic rings. The number of rotatable bonds is 13. The lowest BCUT2D eigenvalue weighted by Gasteiger charge is -2.43. The van der Waals surface area contributed by atoms with E-state index in [9.17, 15) is 23.3 Å². The number of sulfonamides is 1. The van der Waals surface area contributed by atoms with Crippen LogP contribution < -0.4 is 19.7 Å². The minimum atomic E-state index is -4.56. The number of anilines is 2. The number of amides is 1. The number of carbonyl (C=O) groups is 1. The molecule has 3 aromatic carbocycles. The maximum atomic E-state index is 14.0. The zero-order valence-electron chi connectivity index (χ0n) is 35.2. The molecule has 16 heteroatoms. The molecule has 1 unspecified atom stereocenters. The molecule has 3 N–H and O–H groups in total. The van der Waals surface area contributed by atoms with Crippen molar-refractivity contribution >= 4 is 61.2 Å². The average molecular weight is 882 g/mol. The number of pyridine rings is 1. The maximum Gasteiger partial charge on any atom is 0.293 e. The number of hydrogen-bond donors (Lipinski definition) is 3. The van der Waals surface area contributed by atoms with Crippen LogP contribution in [0.3, 0.4) is 0 Å². The molecule has 0 spiro atoms. The highest BCUT2D eigenvalue weighted by atomic mass is 35.5. The summed E-state index contributed by atoms with van der Waals surface area (Å²) in [5.41, 5.74) is 5.53. The van der Waals surface area contributed by atoms with Gasteiger partial charge in [0.15, 0.2) is 0 Å². The van der Waals surface area contributed by atoms with Crippen LogP contribution in [0.1, 0.15) is 68.8 Å². The highest BCUT2D eigenvalue weighted by molar-refractivity contribution is 7.90. The number of piperazine rings is 1. The summed E-state index contributed by atoms with van der Waals surface area (Å²) in [5, 5.41) is 16.7. The zero-order valence-corrected chi connectivity index (χ0v) is 36.7. The van der Waals surface area contributed by atoms with Crippen molar-refractivity contribution in [3.05, 3.63) is 117 Å². The van der Waals surface area contributed by atoms with Gasteiger partial charge in [-0.05, 0) is 110 Å². The van der Waals surface area contributed by atoms with Gasteiger partial charge in [-0.15, -0.1) is 0 Å². The normalized spacial score (nSPS) is 18.8. The standard InChI is InChI=1S/C46H52ClN7O7S/c1-30-28-52(29-34-12-16-46(2,3)25-40(34)32-4-6-35(47)7-5-32)18-19-53(30)36-8-10-39(43(23-36)61-37-22-33-13-17-48-44(33)50-27-37)45(55)51-62(58,59)38-9-11-41(42(24-38)54(56)57)49-26-31-14-20-60-21-15-31/h4-11,13,17,22-24,27,30-31,49H,12,14-16,18-21,25-26,28-29H2,1-3H3,(H,48,50)(H,51,55). The Morgan fingerprint density at radius 2 is 1.85 bits per heavy atom. The second-order valence-electron chi connectivity index (χ2n) is 17.4. The molecule has 8 rings (SSSR count). The topological polar surface area (TPSA) is 172 Å². The van der Waals surface area contributed by atoms with Crippen molar-refractivity contribution in [1.82, 2.24) is 19.6 Å². The first-order valence-corrected chi connectivity index (χ1v) is 23.0. The third kappa shape index (κ3) is 9.91. The Labute approximate surface area is 366 Å². The van der Waals surface area contributed by atoms with Crippen LogP contribution in [0.25, 0.3) is 16.6 Å². The van der Waals surface area contributed by atoms with Gasteiger partial charge in [0.25, 0.3) is 21.6 Å². The van der Waals surface area contributed by atoms with Gasteiger partial charge in [-0.1, -0.05) is 43.2 Å². The fraction of sp³-hybridized carbons (Fsp3) is 0.391. The maximum absolute atomic E-state index is 14.0. The van der Waals surface area contributed by atoms with E-state index in [1.807, 2.05) is 18.2 Å². The molecule has 1 atom stereocenters. The van der Waals surface area contributed by atoms with Crippen LogP contribution in [0, 0.1) is 21.4 Å². The lowest BCUT2D eigenvalue weighted by molar-refractivity contribution is -0.384. The fourth-order valence-corrected chi connectivity index (χ4v) is 9.89. The van der Waals surface area contributed by atoms with Gasteiger partial charge in [-0.25, -0.2) is 18.1 Å². The van der Waals surface area contributed by atoms with Gasteiger partial charge >= 0.3 is 0 Å². The summed E-state index contributed by atoms with van der Waals surface area (Å²) in [6.07, 6.45) is 8.12. The number of nitro benzene ring substituents is 1. The number of carbonyl (C=O) groups excluding carboxylic acids is 1. The molecule has 2 aromatic heterocycles. The van der Waals surface area contributed by atoms with E-state index in [1.54, 1.807) is 30.5 Å². The molecule has 62 heavy (non-hydrogen) atoms. The molecule has 3 aliphatic rings. The van der Waals surface area contributed by atoms with Crippen LogP contribution in [0.15, 0.2) is 95.7 Å². The van der Waals surface area contributed by atoms with Gasteiger partial charge in [-0.3, -0.25) is 19.8 Å². The Morgan fingerprint density at radius 3 is 2.61 bits per heavy atom. The van der Waals surface area contributed by atoms with Crippen molar-refractivity contribution < 1.29 is 27.6 Å². The van der Waals surface area contributed by atoms with Crippen LogP contribution in [-0.4, -0.2) is 86.1 Å². The predicted octanol–water partition coefficient (Wildman–Crippen LogP) is 9.05. The summed E-state index contributed by atoms with van der Waals surface area (Å²) < 4.78 is 41.3. The molecule has 2 saturated heterocycles. The summed E-state index contributed by atoms with van der Waals surface area (Å²) in [6.45, 7) is 11.8. The van der Waals surface area contributed by atoms with E-state index in [4.69, 9.17) is 21.1 Å². The van der Waals surface area contributed by atoms with E-state index in [2.05, 4.69) is 62.7 Å². The number of nitrogens with zero attached hydrogens (tertiary/aromatic N) is 4. The number of hydrogen-bond acceptors (Lipinski definition) is 11. The molecule has 0 bridgehead atoms. The first-order chi connectivity index (χ1) is 29.7. The number of H-pyrrole nitrogens is 1. The lowest BCUT2D eigenvalue weighted by atomic mass is 9.72. The highest BCUT2D eigenvalue weighted by Crippen LogP contribution is 2.44. The van der Waals surface area contributed by atoms with E-state index in [1.165, 1.54) is 35.0 Å². The molecule has 326 valence electrons. The molecule has 1 amide bonds. The summed E-state index contributed by atoms with van der Waals surface area (Å²) in [4.78, 5) is 37.3. The summed E-state index contributed by atoms with van der Waals surface area (Å²) in [7, 11) is -4.56. The van der Waals surface area contributed by atoms with E-state index in [0.717, 1.165) is 73.9 Å². The van der Waals surface area contributed by atoms with Crippen molar-refractivity contribution in [3.8, 4) is 11.5 Å². The minimum Gasteiger partial charge on any atom is -0.455 e. The third-order valence-electron chi connectivity index (χ3n) is 12.3. The molecule has 14 nitrogen and oxygen atoms in total. The van der Waals surface area contributed by atoms with Crippen molar-refractivity contribution in [2.75, 3.05) is 56.2 Å². The van der Waals surface area contributed by atoms with Crippen LogP contribution in [0.4, 0.5) is 17.1 Å². The lowest BCUT2D eigenvalue weighted by Crippen LogP contribution is -2.52. The van der Waals surface area contributed by atoms with Crippen molar-refractivity contribution in [2.24, 2.45) is 11.3 Å². The van der Waals surface area contributed by atoms with Gasteiger partial charge in [0.1, 0.15) is 22.8 Å². The second kappa shape index (κ2) is 18.1. The molecule has 4 heterocycles. The number of nitro groups is 1. The van der Waals surface area contributed by atoms with Gasteiger partial charge in [-0.2, -0.15) is 0 Å². The summed E-state index contributed by atoms with van der Waals surface area (Å²) in [6, 6.07) is 20.6. The van der Waals surface area contributed by atoms with Crippen LogP contribution >= 0.6 is 11.6 Å². The van der Waals surface area contributed by atoms with E-state index in [-0.39, 0.29) is 34.4 Å². The Hall–Kier alpha value is -5.48. The Balaban J connectivity index is 1.02. The van der Waals surface area contributed by atoms with Gasteiger partial charge in [0.2, 0.25) is 0 Å². The van der Waals surface area contributed by atoms with E-state index in [0.29, 0.717) is 37.7 Å². The van der Waals surface area contributed by atoms with Crippen molar-refractivity contribution in [3.63, 3.8) is 0 Å². The SMILES string of the molecule is CC1CN(CC2=C(c3ccc(Cl)cc3)CC(C)(C)CC2)CCN1c1ccc(C(=O)NS(=O)(=O)c2ccc(NCC3CCOCC3)c([N+](=O)[O-])c2)c(Oc2cnc3[nH]ccc3c2)c1. The molecule has 2 fully saturated rings. The van der Waals surface area contributed by atoms with Crippen molar-refractivity contribution in [1.29, 1.82) is 0 Å². The third-order valence-corrected chi connectivity index (χ3v) is 13.9. The van der Waals surface area contributed by atoms with E-state index < -0.39 is 31.4 Å². The van der Waals surface area contributed by atoms with Crippen LogP contribution in [0.5, 0.6) is 11.5 Å². The number of ether oxygens (including phenoxy) is 2. The predicted molar refractivity (Wildman–Crippen MR) is 242 cm³/mol. The molecular formula is C46H52ClN7O7S. The summed E-state index contributed by atoms with van der Waals surface area (Å²) in [5.74, 6) is -0.203. The Kier molecular flexibility index (Phi) is 12.6. The number of aromatic nitrogens is 2. The number of fused-ring (bicyclic) bond motifs is 1. The zero-order chi connectivity index (χ0) is 43.6. The van der Waals surface area contributed by atoms with E-state index >= 15 is 0 Å². The van der Waals surface area contributed by atoms with Crippen LogP contribution in [0.2, 0.25) is 5.02 Å². The molecule has 0 saturated carbocycles. The summed E-state index contributed by atoms with van der Waals surface area (Å²) >= 11 is 6.25. The Morgan fingerprint density at radius 1 is 1.06 bits per heavy atom. The monoisotopic (exact) mass is 881 g/mol. The quantitative estimate of drug-likeness (QED) is 0.0761. The van der Waals surface area contributed by atoms with Gasteiger partial charge < -0.3 is 24.7 Å². The minimum absolute atomic E-state index is 0.0380. The van der Waals surface area contributed by atoms with Gasteiger partial charge in [0, 0.05) is 86.4 Å². The molecule has 1 aliphatic carbocycles. The fourth-order valence-electron chi connectivity index (χ4n) is 8.78. The number of aromatic amines is 1. The number of allylic oxidation sites excluding steroid dienone is 1. The van der Waals surface area contributed by atoms with Gasteiger partial charge in [0.05, 0.1) is 21.6 Å².